The van der Waals surface area contributed by atoms with E-state index in [9.17, 15) is 13.2 Å². The Kier molecular flexibility index (Phi) is 5.90. The number of pyridine rings is 2. The third-order valence-electron chi connectivity index (χ3n) is 5.26. The number of sulfone groups is 1. The number of aromatic nitrogens is 2. The highest BCUT2D eigenvalue weighted by Gasteiger charge is 2.20. The lowest BCUT2D eigenvalue weighted by Crippen LogP contribution is -2.17. The van der Waals surface area contributed by atoms with E-state index >= 15 is 0 Å². The van der Waals surface area contributed by atoms with Crippen LogP contribution in [0.5, 0.6) is 0 Å². The molecule has 0 aliphatic carbocycles. The number of hydrogen-bond donors (Lipinski definition) is 1. The smallest absolute Gasteiger partial charge is 0.257 e. The first-order valence-electron chi connectivity index (χ1n) is 10.2. The molecule has 0 aliphatic heterocycles. The molecule has 0 saturated carbocycles. The van der Waals surface area contributed by atoms with Gasteiger partial charge in [0.1, 0.15) is 11.8 Å². The molecule has 33 heavy (non-hydrogen) atoms. The number of hydrogen-bond acceptors (Lipinski definition) is 6. The van der Waals surface area contributed by atoms with Gasteiger partial charge < -0.3 is 5.32 Å². The molecular weight excluding hydrogens is 436 g/mol. The Bertz CT molecular complexity index is 1520. The van der Waals surface area contributed by atoms with E-state index in [1.165, 1.54) is 11.6 Å². The molecule has 0 unspecified atom stereocenters. The number of nitriles is 1. The number of aryl methyl sites for hydroxylation is 1. The lowest BCUT2D eigenvalue weighted by atomic mass is 10.0. The molecular formula is C25H20N4O3S. The second-order valence-electron chi connectivity index (χ2n) is 7.59. The summed E-state index contributed by atoms with van der Waals surface area (Å²) in [6, 6.07) is 18.6. The molecule has 0 spiro atoms. The Hall–Kier alpha value is -4.09. The van der Waals surface area contributed by atoms with Crippen LogP contribution in [0.3, 0.4) is 0 Å². The number of benzene rings is 2. The average molecular weight is 457 g/mol. The fourth-order valence-corrected chi connectivity index (χ4v) is 4.26. The highest BCUT2D eigenvalue weighted by molar-refractivity contribution is 7.90. The van der Waals surface area contributed by atoms with E-state index in [1.54, 1.807) is 18.3 Å². The topological polar surface area (TPSA) is 113 Å². The third-order valence-corrected chi connectivity index (χ3v) is 6.39. The highest BCUT2D eigenvalue weighted by atomic mass is 32.2. The first-order valence-corrected chi connectivity index (χ1v) is 12.1. The number of anilines is 1. The second kappa shape index (κ2) is 8.81. The maximum Gasteiger partial charge on any atom is 0.257 e. The number of amides is 1. The van der Waals surface area contributed by atoms with Crippen molar-refractivity contribution in [3.05, 3.63) is 83.8 Å². The summed E-state index contributed by atoms with van der Waals surface area (Å²) >= 11 is 0. The number of carbonyl (C=O) groups excluding carboxylic acids is 1. The van der Waals surface area contributed by atoms with E-state index in [2.05, 4.69) is 34.3 Å². The quantitative estimate of drug-likeness (QED) is 0.477. The molecule has 1 N–H and O–H groups in total. The van der Waals surface area contributed by atoms with Crippen LogP contribution in [0.1, 0.15) is 28.5 Å². The van der Waals surface area contributed by atoms with E-state index in [4.69, 9.17) is 5.26 Å². The summed E-state index contributed by atoms with van der Waals surface area (Å²) in [6.07, 6.45) is 4.72. The molecule has 0 saturated heterocycles. The van der Waals surface area contributed by atoms with E-state index in [0.717, 1.165) is 40.9 Å². The second-order valence-corrected chi connectivity index (χ2v) is 9.57. The van der Waals surface area contributed by atoms with Gasteiger partial charge in [-0.2, -0.15) is 5.26 Å². The molecule has 0 radical (unpaired) electrons. The lowest BCUT2D eigenvalue weighted by Gasteiger charge is -2.10. The van der Waals surface area contributed by atoms with E-state index < -0.39 is 15.7 Å². The Morgan fingerprint density at radius 1 is 1.00 bits per heavy atom. The number of nitrogens with one attached hydrogen (secondary N) is 1. The van der Waals surface area contributed by atoms with Crippen LogP contribution in [0.4, 0.5) is 5.69 Å². The van der Waals surface area contributed by atoms with Crippen LogP contribution in [0.15, 0.2) is 71.9 Å². The van der Waals surface area contributed by atoms with Crippen molar-refractivity contribution < 1.29 is 13.2 Å². The van der Waals surface area contributed by atoms with Crippen molar-refractivity contribution >= 4 is 32.2 Å². The fraction of sp³-hybridized carbons (Fsp3) is 0.120. The summed E-state index contributed by atoms with van der Waals surface area (Å²) in [4.78, 5) is 20.9. The van der Waals surface area contributed by atoms with Gasteiger partial charge in [-0.05, 0) is 41.6 Å². The van der Waals surface area contributed by atoms with Crippen LogP contribution in [0, 0.1) is 11.3 Å². The summed E-state index contributed by atoms with van der Waals surface area (Å²) < 4.78 is 24.1. The van der Waals surface area contributed by atoms with Gasteiger partial charge in [0.15, 0.2) is 9.84 Å². The summed E-state index contributed by atoms with van der Waals surface area (Å²) in [7, 11) is -3.71. The van der Waals surface area contributed by atoms with Crippen LogP contribution in [0.25, 0.3) is 22.0 Å². The molecule has 2 aromatic heterocycles. The zero-order valence-electron chi connectivity index (χ0n) is 18.0. The zero-order valence-corrected chi connectivity index (χ0v) is 18.8. The molecule has 1 amide bonds. The SMILES string of the molecule is CCc1ccc(-c2cc3ccc(NC(=O)c4cc(C#N)ncc4S(C)(=O)=O)cc3cn2)cc1. The summed E-state index contributed by atoms with van der Waals surface area (Å²) in [5, 5.41) is 13.5. The van der Waals surface area contributed by atoms with Gasteiger partial charge in [-0.1, -0.05) is 37.3 Å². The minimum absolute atomic E-state index is 0.0465. The van der Waals surface area contributed by atoms with Gasteiger partial charge in [0.05, 0.1) is 16.2 Å². The third kappa shape index (κ3) is 4.73. The van der Waals surface area contributed by atoms with Crippen LogP contribution >= 0.6 is 0 Å². The number of carbonyl (C=O) groups is 1. The Morgan fingerprint density at radius 2 is 1.76 bits per heavy atom. The lowest BCUT2D eigenvalue weighted by molar-refractivity contribution is 0.102. The summed E-state index contributed by atoms with van der Waals surface area (Å²) in [5.74, 6) is -0.644. The molecule has 7 nitrogen and oxygen atoms in total. The summed E-state index contributed by atoms with van der Waals surface area (Å²) in [5.41, 5.74) is 3.42. The number of nitrogens with zero attached hydrogens (tertiary/aromatic N) is 3. The molecule has 4 rings (SSSR count). The first kappa shape index (κ1) is 22.1. The van der Waals surface area contributed by atoms with Gasteiger partial charge in [0.2, 0.25) is 0 Å². The minimum atomic E-state index is -3.71. The average Bonchev–Trinajstić information content (AvgIpc) is 2.82. The first-order chi connectivity index (χ1) is 15.8. The molecule has 0 fully saturated rings. The van der Waals surface area contributed by atoms with Crippen molar-refractivity contribution in [1.82, 2.24) is 9.97 Å². The normalized spacial score (nSPS) is 11.2. The van der Waals surface area contributed by atoms with Gasteiger partial charge >= 0.3 is 0 Å². The zero-order chi connectivity index (χ0) is 23.6. The molecule has 2 heterocycles. The van der Waals surface area contributed by atoms with E-state index in [0.29, 0.717) is 5.69 Å². The van der Waals surface area contributed by atoms with Crippen LogP contribution < -0.4 is 5.32 Å². The maximum absolute atomic E-state index is 12.8. The monoisotopic (exact) mass is 456 g/mol. The number of fused-ring (bicyclic) bond motifs is 1. The van der Waals surface area contributed by atoms with Gasteiger partial charge in [0.25, 0.3) is 5.91 Å². The van der Waals surface area contributed by atoms with Gasteiger partial charge in [-0.15, -0.1) is 0 Å². The van der Waals surface area contributed by atoms with Crippen molar-refractivity contribution in [1.29, 1.82) is 5.26 Å². The van der Waals surface area contributed by atoms with Gasteiger partial charge in [-0.25, -0.2) is 13.4 Å². The van der Waals surface area contributed by atoms with Crippen molar-refractivity contribution in [2.75, 3.05) is 11.6 Å². The molecule has 164 valence electrons. The molecule has 8 heteroatoms. The van der Waals surface area contributed by atoms with Crippen molar-refractivity contribution in [2.24, 2.45) is 0 Å². The Balaban J connectivity index is 1.63. The molecule has 0 aliphatic rings. The van der Waals surface area contributed by atoms with Crippen molar-refractivity contribution in [2.45, 2.75) is 18.2 Å². The Labute approximate surface area is 191 Å². The maximum atomic E-state index is 12.8. The van der Waals surface area contributed by atoms with E-state index in [1.807, 2.05) is 30.3 Å². The highest BCUT2D eigenvalue weighted by Crippen LogP contribution is 2.25. The van der Waals surface area contributed by atoms with Crippen LogP contribution in [0.2, 0.25) is 0 Å². The summed E-state index contributed by atoms with van der Waals surface area (Å²) in [6.45, 7) is 2.11. The van der Waals surface area contributed by atoms with Crippen LogP contribution in [-0.4, -0.2) is 30.5 Å². The largest absolute Gasteiger partial charge is 0.322 e. The predicted octanol–water partition coefficient (Wildman–Crippen LogP) is 4.39. The minimum Gasteiger partial charge on any atom is -0.322 e. The van der Waals surface area contributed by atoms with Crippen molar-refractivity contribution in [3.8, 4) is 17.3 Å². The molecule has 0 bridgehead atoms. The molecule has 0 atom stereocenters. The van der Waals surface area contributed by atoms with Crippen LogP contribution in [-0.2, 0) is 16.3 Å². The van der Waals surface area contributed by atoms with Gasteiger partial charge in [-0.3, -0.25) is 9.78 Å². The van der Waals surface area contributed by atoms with Gasteiger partial charge in [0, 0.05) is 35.3 Å². The molecule has 2 aromatic carbocycles. The number of rotatable bonds is 5. The molecule has 4 aromatic rings. The fourth-order valence-electron chi connectivity index (χ4n) is 3.46. The predicted molar refractivity (Wildman–Crippen MR) is 127 cm³/mol. The Morgan fingerprint density at radius 3 is 2.42 bits per heavy atom. The van der Waals surface area contributed by atoms with E-state index in [-0.39, 0.29) is 16.2 Å². The van der Waals surface area contributed by atoms with Crippen molar-refractivity contribution in [3.63, 3.8) is 0 Å². The standard InChI is InChI=1S/C25H20N4O3S/c1-3-16-4-6-17(7-5-16)23-11-18-8-9-20(10-19(18)14-28-23)29-25(30)22-12-21(13-26)27-15-24(22)33(2,31)32/h4-12,14-15H,3H2,1-2H3,(H,29,30).